The summed E-state index contributed by atoms with van der Waals surface area (Å²) in [5, 5.41) is 0.260. The van der Waals surface area contributed by atoms with Crippen molar-refractivity contribution in [1.82, 2.24) is 9.55 Å². The molecule has 1 aromatic heterocycles. The van der Waals surface area contributed by atoms with Gasteiger partial charge in [0.25, 0.3) is 5.56 Å². The fraction of sp³-hybridized carbons (Fsp3) is 0.619. The Balaban J connectivity index is 1.70. The number of nitrogens with one attached hydrogen (secondary N) is 1. The van der Waals surface area contributed by atoms with Crippen LogP contribution >= 0.6 is 0 Å². The minimum Gasteiger partial charge on any atom is -0.368 e. The average molecular weight is 386 g/mol. The molecule has 150 valence electrons. The highest BCUT2D eigenvalue weighted by atomic mass is 19.1. The highest BCUT2D eigenvalue weighted by molar-refractivity contribution is 5.87. The molecule has 6 nitrogen and oxygen atoms in total. The van der Waals surface area contributed by atoms with E-state index in [4.69, 9.17) is 5.73 Å². The topological polar surface area (TPSA) is 84.1 Å². The summed E-state index contributed by atoms with van der Waals surface area (Å²) in [5.74, 6) is 0.0906. The molecule has 2 saturated carbocycles. The van der Waals surface area contributed by atoms with Crippen LogP contribution in [0.15, 0.2) is 15.7 Å². The van der Waals surface area contributed by atoms with Crippen LogP contribution in [0.4, 0.5) is 10.1 Å². The summed E-state index contributed by atoms with van der Waals surface area (Å²) in [7, 11) is 0. The van der Waals surface area contributed by atoms with Gasteiger partial charge in [0.15, 0.2) is 0 Å². The zero-order valence-electron chi connectivity index (χ0n) is 16.3. The number of H-pyrrole nitrogens is 1. The van der Waals surface area contributed by atoms with Crippen molar-refractivity contribution in [3.8, 4) is 0 Å². The van der Waals surface area contributed by atoms with Gasteiger partial charge < -0.3 is 10.6 Å². The quantitative estimate of drug-likeness (QED) is 0.849. The minimum atomic E-state index is -0.515. The standard InChI is InChI=1S/C21H27FN4O2/c1-12-17-15(19(27)24-20(28)26(17)14-5-6-14)8-16(22)18(12)25-9-13-4-2-3-7-21(13,10-23)11-25/h8,13-14H,2-7,9-11,23H2,1H3,(H,24,27,28). The van der Waals surface area contributed by atoms with E-state index in [9.17, 15) is 9.59 Å². The summed E-state index contributed by atoms with van der Waals surface area (Å²) in [5.41, 5.74) is 7.14. The first-order chi connectivity index (χ1) is 13.4. The van der Waals surface area contributed by atoms with Gasteiger partial charge in [-0.2, -0.15) is 0 Å². The number of aromatic nitrogens is 2. The van der Waals surface area contributed by atoms with Crippen molar-refractivity contribution in [3.63, 3.8) is 0 Å². The maximum absolute atomic E-state index is 15.3. The Morgan fingerprint density at radius 1 is 1.29 bits per heavy atom. The number of anilines is 1. The van der Waals surface area contributed by atoms with Crippen molar-refractivity contribution in [1.29, 1.82) is 0 Å². The third kappa shape index (κ3) is 2.48. The Bertz CT molecular complexity index is 1070. The van der Waals surface area contributed by atoms with E-state index in [0.717, 1.165) is 38.8 Å². The number of aryl methyl sites for hydroxylation is 1. The molecule has 2 atom stereocenters. The molecule has 1 aliphatic heterocycles. The lowest BCUT2D eigenvalue weighted by Crippen LogP contribution is -2.40. The highest BCUT2D eigenvalue weighted by Crippen LogP contribution is 2.48. The summed E-state index contributed by atoms with van der Waals surface area (Å²) in [6, 6.07) is 1.41. The van der Waals surface area contributed by atoms with E-state index in [2.05, 4.69) is 9.88 Å². The number of aromatic amines is 1. The summed E-state index contributed by atoms with van der Waals surface area (Å²) in [4.78, 5) is 29.3. The largest absolute Gasteiger partial charge is 0.368 e. The molecule has 2 aliphatic carbocycles. The summed E-state index contributed by atoms with van der Waals surface area (Å²) >= 11 is 0. The van der Waals surface area contributed by atoms with Crippen LogP contribution in [-0.2, 0) is 0 Å². The van der Waals surface area contributed by atoms with E-state index in [1.807, 2.05) is 6.92 Å². The molecule has 2 heterocycles. The van der Waals surface area contributed by atoms with Gasteiger partial charge in [-0.25, -0.2) is 9.18 Å². The van der Waals surface area contributed by atoms with Crippen LogP contribution in [0.1, 0.15) is 50.1 Å². The molecule has 5 rings (SSSR count). The van der Waals surface area contributed by atoms with Gasteiger partial charge in [-0.05, 0) is 51.1 Å². The third-order valence-corrected chi connectivity index (χ3v) is 7.31. The fourth-order valence-electron chi connectivity index (χ4n) is 5.72. The Hall–Kier alpha value is -2.15. The molecule has 0 bridgehead atoms. The lowest BCUT2D eigenvalue weighted by molar-refractivity contribution is 0.160. The van der Waals surface area contributed by atoms with E-state index < -0.39 is 11.2 Å². The van der Waals surface area contributed by atoms with Gasteiger partial charge in [0.2, 0.25) is 0 Å². The molecular formula is C21H27FN4O2. The highest BCUT2D eigenvalue weighted by Gasteiger charge is 2.47. The average Bonchev–Trinajstić information content (AvgIpc) is 3.42. The zero-order valence-corrected chi connectivity index (χ0v) is 16.3. The number of rotatable bonds is 3. The van der Waals surface area contributed by atoms with Crippen molar-refractivity contribution < 1.29 is 4.39 Å². The second-order valence-corrected chi connectivity index (χ2v) is 8.98. The van der Waals surface area contributed by atoms with Crippen LogP contribution in [0.5, 0.6) is 0 Å². The molecule has 2 aromatic rings. The number of nitrogens with zero attached hydrogens (tertiary/aromatic N) is 2. The molecule has 0 spiro atoms. The van der Waals surface area contributed by atoms with Crippen molar-refractivity contribution in [2.24, 2.45) is 17.1 Å². The second kappa shape index (κ2) is 6.17. The maximum atomic E-state index is 15.3. The van der Waals surface area contributed by atoms with E-state index in [1.165, 1.54) is 18.9 Å². The number of halogens is 1. The monoisotopic (exact) mass is 386 g/mol. The SMILES string of the molecule is Cc1c(N2CC3CCCCC3(CN)C2)c(F)cc2c(=O)[nH]c(=O)n(C3CC3)c12. The van der Waals surface area contributed by atoms with Crippen molar-refractivity contribution >= 4 is 16.6 Å². The molecule has 28 heavy (non-hydrogen) atoms. The molecule has 3 N–H and O–H groups in total. The normalized spacial score (nSPS) is 27.4. The molecule has 3 aliphatic rings. The molecule has 1 aromatic carbocycles. The summed E-state index contributed by atoms with van der Waals surface area (Å²) < 4.78 is 16.9. The first-order valence-corrected chi connectivity index (χ1v) is 10.4. The van der Waals surface area contributed by atoms with Crippen LogP contribution < -0.4 is 21.9 Å². The van der Waals surface area contributed by atoms with Gasteiger partial charge in [-0.3, -0.25) is 14.3 Å². The first-order valence-electron chi connectivity index (χ1n) is 10.4. The van der Waals surface area contributed by atoms with Crippen molar-refractivity contribution in [2.45, 2.75) is 51.5 Å². The van der Waals surface area contributed by atoms with Gasteiger partial charge in [0.1, 0.15) is 5.82 Å². The Labute approximate surface area is 162 Å². The summed E-state index contributed by atoms with van der Waals surface area (Å²) in [6.45, 7) is 4.00. The van der Waals surface area contributed by atoms with Crippen LogP contribution in [0, 0.1) is 24.1 Å². The fourth-order valence-corrected chi connectivity index (χ4v) is 5.72. The zero-order chi connectivity index (χ0) is 19.6. The molecule has 0 amide bonds. The molecule has 0 radical (unpaired) electrons. The van der Waals surface area contributed by atoms with Gasteiger partial charge in [-0.15, -0.1) is 0 Å². The number of fused-ring (bicyclic) bond motifs is 2. The molecule has 1 saturated heterocycles. The van der Waals surface area contributed by atoms with Crippen molar-refractivity contribution in [2.75, 3.05) is 24.5 Å². The Morgan fingerprint density at radius 2 is 2.07 bits per heavy atom. The molecule has 7 heteroatoms. The Kier molecular flexibility index (Phi) is 3.95. The lowest BCUT2D eigenvalue weighted by Gasteiger charge is -2.37. The summed E-state index contributed by atoms with van der Waals surface area (Å²) in [6.07, 6.45) is 6.43. The van der Waals surface area contributed by atoms with E-state index in [-0.39, 0.29) is 22.7 Å². The van der Waals surface area contributed by atoms with Crippen LogP contribution in [0.3, 0.4) is 0 Å². The van der Waals surface area contributed by atoms with Crippen LogP contribution in [-0.4, -0.2) is 29.2 Å². The van der Waals surface area contributed by atoms with Crippen LogP contribution in [0.2, 0.25) is 0 Å². The van der Waals surface area contributed by atoms with Gasteiger partial charge >= 0.3 is 5.69 Å². The predicted octanol–water partition coefficient (Wildman–Crippen LogP) is 2.43. The Morgan fingerprint density at radius 3 is 2.75 bits per heavy atom. The van der Waals surface area contributed by atoms with E-state index in [1.54, 1.807) is 4.57 Å². The van der Waals surface area contributed by atoms with Crippen molar-refractivity contribution in [3.05, 3.63) is 38.3 Å². The minimum absolute atomic E-state index is 0.0520. The van der Waals surface area contributed by atoms with Gasteiger partial charge in [-0.1, -0.05) is 12.8 Å². The maximum Gasteiger partial charge on any atom is 0.329 e. The van der Waals surface area contributed by atoms with Gasteiger partial charge in [0, 0.05) is 30.1 Å². The number of benzene rings is 1. The molecule has 2 unspecified atom stereocenters. The first kappa shape index (κ1) is 17.9. The van der Waals surface area contributed by atoms with E-state index in [0.29, 0.717) is 29.2 Å². The molecular weight excluding hydrogens is 359 g/mol. The predicted molar refractivity (Wildman–Crippen MR) is 107 cm³/mol. The molecule has 3 fully saturated rings. The van der Waals surface area contributed by atoms with E-state index >= 15 is 4.39 Å². The second-order valence-electron chi connectivity index (χ2n) is 8.98. The number of hydrogen-bond donors (Lipinski definition) is 2. The van der Waals surface area contributed by atoms with Crippen LogP contribution in [0.25, 0.3) is 10.9 Å². The lowest BCUT2D eigenvalue weighted by atomic mass is 9.68. The number of hydrogen-bond acceptors (Lipinski definition) is 4. The third-order valence-electron chi connectivity index (χ3n) is 7.31. The number of nitrogens with two attached hydrogens (primary N) is 1. The smallest absolute Gasteiger partial charge is 0.329 e. The van der Waals surface area contributed by atoms with Gasteiger partial charge in [0.05, 0.1) is 16.6 Å².